The molecule has 0 aliphatic rings. The van der Waals surface area contributed by atoms with Gasteiger partial charge in [0.2, 0.25) is 0 Å². The van der Waals surface area contributed by atoms with Crippen LogP contribution in [0, 0.1) is 0 Å². The van der Waals surface area contributed by atoms with Crippen molar-refractivity contribution in [1.82, 2.24) is 4.98 Å². The summed E-state index contributed by atoms with van der Waals surface area (Å²) in [5, 5.41) is 11.6. The van der Waals surface area contributed by atoms with E-state index in [1.807, 2.05) is 41.6 Å². The highest BCUT2D eigenvalue weighted by Crippen LogP contribution is 2.28. The summed E-state index contributed by atoms with van der Waals surface area (Å²) in [6.07, 6.45) is 1.75. The van der Waals surface area contributed by atoms with Crippen LogP contribution >= 0.6 is 11.3 Å². The van der Waals surface area contributed by atoms with Crippen molar-refractivity contribution in [2.75, 3.05) is 11.9 Å². The Kier molecular flexibility index (Phi) is 3.39. The third kappa shape index (κ3) is 2.62. The molecule has 1 aromatic carbocycles. The van der Waals surface area contributed by atoms with Crippen LogP contribution in [0.2, 0.25) is 0 Å². The summed E-state index contributed by atoms with van der Waals surface area (Å²) in [7, 11) is 1.89. The number of aromatic nitrogens is 1. The summed E-state index contributed by atoms with van der Waals surface area (Å²) in [6.45, 7) is 0. The first-order valence-electron chi connectivity index (χ1n) is 5.11. The van der Waals surface area contributed by atoms with E-state index in [4.69, 9.17) is 5.11 Å². The molecule has 2 rings (SSSR count). The maximum absolute atomic E-state index is 10.8. The van der Waals surface area contributed by atoms with Gasteiger partial charge in [-0.25, -0.2) is 4.98 Å². The third-order valence-corrected chi connectivity index (χ3v) is 3.25. The fourth-order valence-electron chi connectivity index (χ4n) is 1.64. The van der Waals surface area contributed by atoms with Gasteiger partial charge in [0.1, 0.15) is 0 Å². The maximum Gasteiger partial charge on any atom is 0.307 e. The Morgan fingerprint density at radius 2 is 2.24 bits per heavy atom. The van der Waals surface area contributed by atoms with Crippen LogP contribution in [-0.2, 0) is 11.2 Å². The number of benzene rings is 1. The van der Waals surface area contributed by atoms with E-state index in [-0.39, 0.29) is 6.42 Å². The van der Waals surface area contributed by atoms with E-state index in [2.05, 4.69) is 4.98 Å². The van der Waals surface area contributed by atoms with Crippen LogP contribution < -0.4 is 4.90 Å². The minimum absolute atomic E-state index is 0.0197. The molecular weight excluding hydrogens is 236 g/mol. The predicted molar refractivity (Wildman–Crippen MR) is 68.0 cm³/mol. The monoisotopic (exact) mass is 248 g/mol. The highest BCUT2D eigenvalue weighted by molar-refractivity contribution is 7.13. The lowest BCUT2D eigenvalue weighted by Gasteiger charge is -2.18. The molecule has 0 unspecified atom stereocenters. The van der Waals surface area contributed by atoms with Gasteiger partial charge in [-0.1, -0.05) is 18.2 Å². The molecular formula is C12H12N2O2S. The molecule has 0 saturated carbocycles. The molecule has 88 valence electrons. The number of carboxylic acids is 1. The van der Waals surface area contributed by atoms with Crippen molar-refractivity contribution in [3.05, 3.63) is 41.4 Å². The Balaban J connectivity index is 2.34. The Morgan fingerprint density at radius 3 is 2.88 bits per heavy atom. The zero-order valence-electron chi connectivity index (χ0n) is 9.33. The Bertz CT molecular complexity index is 511. The molecule has 1 N–H and O–H groups in total. The molecule has 17 heavy (non-hydrogen) atoms. The number of thiazole rings is 1. The fraction of sp³-hybridized carbons (Fsp3) is 0.167. The van der Waals surface area contributed by atoms with Gasteiger partial charge in [-0.15, -0.1) is 11.3 Å². The van der Waals surface area contributed by atoms with E-state index < -0.39 is 5.97 Å². The van der Waals surface area contributed by atoms with Gasteiger partial charge in [0, 0.05) is 24.3 Å². The summed E-state index contributed by atoms with van der Waals surface area (Å²) in [5.74, 6) is -0.829. The minimum Gasteiger partial charge on any atom is -0.481 e. The molecule has 0 radical (unpaired) electrons. The summed E-state index contributed by atoms with van der Waals surface area (Å²) < 4.78 is 0. The van der Waals surface area contributed by atoms with E-state index in [9.17, 15) is 4.79 Å². The third-order valence-electron chi connectivity index (χ3n) is 2.40. The molecule has 1 aromatic heterocycles. The second kappa shape index (κ2) is 4.97. The molecule has 4 nitrogen and oxygen atoms in total. The lowest BCUT2D eigenvalue weighted by Crippen LogP contribution is -2.13. The van der Waals surface area contributed by atoms with E-state index in [0.29, 0.717) is 0 Å². The largest absolute Gasteiger partial charge is 0.481 e. The van der Waals surface area contributed by atoms with Crippen LogP contribution in [0.5, 0.6) is 0 Å². The van der Waals surface area contributed by atoms with Gasteiger partial charge in [-0.3, -0.25) is 4.79 Å². The second-order valence-corrected chi connectivity index (χ2v) is 4.45. The van der Waals surface area contributed by atoms with E-state index in [0.717, 1.165) is 16.4 Å². The summed E-state index contributed by atoms with van der Waals surface area (Å²) in [6, 6.07) is 7.47. The van der Waals surface area contributed by atoms with Gasteiger partial charge in [0.25, 0.3) is 0 Å². The topological polar surface area (TPSA) is 53.4 Å². The number of anilines is 2. The molecule has 0 atom stereocenters. The summed E-state index contributed by atoms with van der Waals surface area (Å²) >= 11 is 1.52. The molecule has 0 saturated heterocycles. The number of aliphatic carboxylic acids is 1. The van der Waals surface area contributed by atoms with Crippen LogP contribution in [0.1, 0.15) is 5.56 Å². The highest BCUT2D eigenvalue weighted by Gasteiger charge is 2.12. The average Bonchev–Trinajstić information content (AvgIpc) is 2.81. The van der Waals surface area contributed by atoms with Crippen molar-refractivity contribution in [3.8, 4) is 0 Å². The number of hydrogen-bond acceptors (Lipinski definition) is 4. The SMILES string of the molecule is CN(c1nccs1)c1ccccc1CC(=O)O. The minimum atomic E-state index is -0.829. The summed E-state index contributed by atoms with van der Waals surface area (Å²) in [5.41, 5.74) is 1.67. The molecule has 0 fully saturated rings. The lowest BCUT2D eigenvalue weighted by atomic mass is 10.1. The van der Waals surface area contributed by atoms with Gasteiger partial charge in [-0.05, 0) is 11.6 Å². The van der Waals surface area contributed by atoms with Crippen LogP contribution in [0.4, 0.5) is 10.8 Å². The van der Waals surface area contributed by atoms with Gasteiger partial charge >= 0.3 is 5.97 Å². The molecule has 0 spiro atoms. The Hall–Kier alpha value is -1.88. The molecule has 0 aliphatic heterocycles. The van der Waals surface area contributed by atoms with Crippen LogP contribution in [0.15, 0.2) is 35.8 Å². The maximum atomic E-state index is 10.8. The number of carbonyl (C=O) groups is 1. The van der Waals surface area contributed by atoms with Gasteiger partial charge in [0.15, 0.2) is 5.13 Å². The second-order valence-electron chi connectivity index (χ2n) is 3.57. The first-order chi connectivity index (χ1) is 8.18. The van der Waals surface area contributed by atoms with Crippen molar-refractivity contribution in [3.63, 3.8) is 0 Å². The van der Waals surface area contributed by atoms with E-state index in [1.54, 1.807) is 6.20 Å². The molecule has 5 heteroatoms. The normalized spacial score (nSPS) is 10.2. The fourth-order valence-corrected chi connectivity index (χ4v) is 2.26. The smallest absolute Gasteiger partial charge is 0.307 e. The molecule has 0 amide bonds. The first kappa shape index (κ1) is 11.6. The zero-order chi connectivity index (χ0) is 12.3. The van der Waals surface area contributed by atoms with Crippen LogP contribution in [0.25, 0.3) is 0 Å². The van der Waals surface area contributed by atoms with Crippen molar-refractivity contribution >= 4 is 28.1 Å². The number of nitrogens with zero attached hydrogens (tertiary/aromatic N) is 2. The predicted octanol–water partition coefficient (Wildman–Crippen LogP) is 2.54. The van der Waals surface area contributed by atoms with E-state index in [1.165, 1.54) is 11.3 Å². The number of carboxylic acid groups (broad SMARTS) is 1. The Labute approximate surface area is 103 Å². The first-order valence-corrected chi connectivity index (χ1v) is 5.99. The van der Waals surface area contributed by atoms with Crippen LogP contribution in [0.3, 0.4) is 0 Å². The van der Waals surface area contributed by atoms with Crippen molar-refractivity contribution in [2.24, 2.45) is 0 Å². The van der Waals surface area contributed by atoms with Crippen molar-refractivity contribution in [1.29, 1.82) is 0 Å². The standard InChI is InChI=1S/C12H12N2O2S/c1-14(12-13-6-7-17-12)10-5-3-2-4-9(10)8-11(15)16/h2-7H,8H2,1H3,(H,15,16). The molecule has 2 aromatic rings. The summed E-state index contributed by atoms with van der Waals surface area (Å²) in [4.78, 5) is 16.9. The average molecular weight is 248 g/mol. The molecule has 1 heterocycles. The number of rotatable bonds is 4. The molecule has 0 bridgehead atoms. The number of para-hydroxylation sites is 1. The van der Waals surface area contributed by atoms with Crippen molar-refractivity contribution in [2.45, 2.75) is 6.42 Å². The Morgan fingerprint density at radius 1 is 1.47 bits per heavy atom. The number of hydrogen-bond donors (Lipinski definition) is 1. The molecule has 0 aliphatic carbocycles. The van der Waals surface area contributed by atoms with Gasteiger partial charge in [0.05, 0.1) is 6.42 Å². The van der Waals surface area contributed by atoms with E-state index >= 15 is 0 Å². The lowest BCUT2D eigenvalue weighted by molar-refractivity contribution is -0.136. The highest BCUT2D eigenvalue weighted by atomic mass is 32.1. The van der Waals surface area contributed by atoms with Crippen LogP contribution in [-0.4, -0.2) is 23.1 Å². The van der Waals surface area contributed by atoms with Gasteiger partial charge < -0.3 is 10.0 Å². The van der Waals surface area contributed by atoms with Crippen molar-refractivity contribution < 1.29 is 9.90 Å². The van der Waals surface area contributed by atoms with Gasteiger partial charge in [-0.2, -0.15) is 0 Å². The quantitative estimate of drug-likeness (QED) is 0.903. The zero-order valence-corrected chi connectivity index (χ0v) is 10.1.